The number of piperazine rings is 1. The average molecular weight is 377 g/mol. The van der Waals surface area contributed by atoms with E-state index in [4.69, 9.17) is 4.42 Å². The number of hydrogen-bond acceptors (Lipinski definition) is 6. The number of nitrogens with zero attached hydrogens (tertiary/aromatic N) is 4. The molecular formula is C21H23N5O2. The van der Waals surface area contributed by atoms with E-state index in [1.54, 1.807) is 23.2 Å². The molecule has 2 aromatic heterocycles. The molecule has 1 aliphatic heterocycles. The minimum absolute atomic E-state index is 0.0732. The molecule has 1 N–H and O–H groups in total. The maximum atomic E-state index is 12.4. The summed E-state index contributed by atoms with van der Waals surface area (Å²) in [6.07, 6.45) is 3.28. The van der Waals surface area contributed by atoms with Crippen LogP contribution >= 0.6 is 0 Å². The quantitative estimate of drug-likeness (QED) is 0.751. The van der Waals surface area contributed by atoms with E-state index >= 15 is 0 Å². The van der Waals surface area contributed by atoms with Crippen LogP contribution in [0.5, 0.6) is 0 Å². The fraction of sp³-hybridized carbons (Fsp3) is 0.286. The zero-order valence-electron chi connectivity index (χ0n) is 16.1. The normalized spacial score (nSPS) is 14.2. The Morgan fingerprint density at radius 1 is 1.11 bits per heavy atom. The summed E-state index contributed by atoms with van der Waals surface area (Å²) >= 11 is 0. The highest BCUT2D eigenvalue weighted by Gasteiger charge is 2.24. The molecule has 0 atom stereocenters. The summed E-state index contributed by atoms with van der Waals surface area (Å²) in [5, 5.41) is 3.38. The molecule has 0 saturated carbocycles. The number of amides is 1. The third-order valence-electron chi connectivity index (χ3n) is 4.88. The van der Waals surface area contributed by atoms with Crippen molar-refractivity contribution in [1.82, 2.24) is 14.9 Å². The summed E-state index contributed by atoms with van der Waals surface area (Å²) in [6.45, 7) is 6.71. The Bertz CT molecular complexity index is 963. The summed E-state index contributed by atoms with van der Waals surface area (Å²) < 4.78 is 5.21. The van der Waals surface area contributed by atoms with E-state index in [2.05, 4.69) is 52.2 Å². The summed E-state index contributed by atoms with van der Waals surface area (Å²) in [5.41, 5.74) is 3.40. The highest BCUT2D eigenvalue weighted by Crippen LogP contribution is 2.22. The zero-order chi connectivity index (χ0) is 19.5. The Hall–Kier alpha value is -3.35. The molecule has 0 bridgehead atoms. The predicted octanol–water partition coefficient (Wildman–Crippen LogP) is 3.39. The number of rotatable bonds is 4. The average Bonchev–Trinajstić information content (AvgIpc) is 3.25. The minimum atomic E-state index is -0.0732. The molecule has 28 heavy (non-hydrogen) atoms. The molecule has 0 unspecified atom stereocenters. The highest BCUT2D eigenvalue weighted by molar-refractivity contribution is 5.91. The van der Waals surface area contributed by atoms with Crippen LogP contribution < -0.4 is 10.2 Å². The molecule has 1 saturated heterocycles. The number of aromatic nitrogens is 2. The maximum Gasteiger partial charge on any atom is 0.289 e. The molecule has 1 amide bonds. The number of aryl methyl sites for hydroxylation is 2. The first-order valence-electron chi connectivity index (χ1n) is 9.35. The van der Waals surface area contributed by atoms with Gasteiger partial charge in [-0.3, -0.25) is 4.79 Å². The van der Waals surface area contributed by atoms with Gasteiger partial charge in [-0.15, -0.1) is 0 Å². The third-order valence-corrected chi connectivity index (χ3v) is 4.88. The summed E-state index contributed by atoms with van der Waals surface area (Å²) in [7, 11) is 0. The summed E-state index contributed by atoms with van der Waals surface area (Å²) in [5.74, 6) is 1.73. The molecule has 144 valence electrons. The van der Waals surface area contributed by atoms with E-state index in [1.807, 2.05) is 6.07 Å². The van der Waals surface area contributed by atoms with Crippen molar-refractivity contribution in [2.75, 3.05) is 36.4 Å². The van der Waals surface area contributed by atoms with Crippen molar-refractivity contribution in [3.63, 3.8) is 0 Å². The highest BCUT2D eigenvalue weighted by atomic mass is 16.3. The second-order valence-electron chi connectivity index (χ2n) is 6.94. The van der Waals surface area contributed by atoms with Gasteiger partial charge in [-0.2, -0.15) is 4.98 Å². The van der Waals surface area contributed by atoms with Crippen LogP contribution in [-0.2, 0) is 0 Å². The smallest absolute Gasteiger partial charge is 0.289 e. The van der Waals surface area contributed by atoms with Crippen LogP contribution in [0.15, 0.2) is 53.3 Å². The van der Waals surface area contributed by atoms with Crippen LogP contribution in [0.25, 0.3) is 0 Å². The number of furan rings is 1. The Morgan fingerprint density at radius 2 is 1.93 bits per heavy atom. The van der Waals surface area contributed by atoms with E-state index in [0.717, 1.165) is 17.1 Å². The van der Waals surface area contributed by atoms with Crippen LogP contribution in [0.3, 0.4) is 0 Å². The van der Waals surface area contributed by atoms with E-state index in [9.17, 15) is 4.79 Å². The van der Waals surface area contributed by atoms with Crippen LogP contribution in [-0.4, -0.2) is 47.0 Å². The molecule has 0 radical (unpaired) electrons. The Balaban J connectivity index is 1.42. The van der Waals surface area contributed by atoms with Gasteiger partial charge in [0.15, 0.2) is 5.76 Å². The lowest BCUT2D eigenvalue weighted by Gasteiger charge is -2.34. The van der Waals surface area contributed by atoms with Gasteiger partial charge in [0, 0.05) is 38.1 Å². The number of benzene rings is 1. The van der Waals surface area contributed by atoms with E-state index < -0.39 is 0 Å². The Kier molecular flexibility index (Phi) is 4.97. The number of carbonyl (C=O) groups excluding carboxylic acids is 1. The molecule has 3 aromatic rings. The molecule has 0 spiro atoms. The van der Waals surface area contributed by atoms with Crippen molar-refractivity contribution >= 4 is 23.4 Å². The maximum absolute atomic E-state index is 12.4. The first-order chi connectivity index (χ1) is 13.6. The first kappa shape index (κ1) is 18.0. The largest absolute Gasteiger partial charge is 0.459 e. The summed E-state index contributed by atoms with van der Waals surface area (Å²) in [6, 6.07) is 11.6. The van der Waals surface area contributed by atoms with Gasteiger partial charge < -0.3 is 19.5 Å². The topological polar surface area (TPSA) is 74.5 Å². The lowest BCUT2D eigenvalue weighted by Crippen LogP contribution is -2.49. The minimum Gasteiger partial charge on any atom is -0.459 e. The van der Waals surface area contributed by atoms with Crippen molar-refractivity contribution in [3.05, 3.63) is 65.7 Å². The number of anilines is 3. The fourth-order valence-corrected chi connectivity index (χ4v) is 3.24. The van der Waals surface area contributed by atoms with Crippen molar-refractivity contribution in [2.45, 2.75) is 13.8 Å². The first-order valence-corrected chi connectivity index (χ1v) is 9.35. The molecule has 1 aliphatic rings. The van der Waals surface area contributed by atoms with Gasteiger partial charge in [0.05, 0.1) is 6.26 Å². The van der Waals surface area contributed by atoms with Crippen LogP contribution in [0.2, 0.25) is 0 Å². The standard InChI is InChI=1S/C21H23N5O2/c1-15-5-6-16(2)17(14-15)23-19-7-8-22-21(24-19)26-11-9-25(10-12-26)20(27)18-4-3-13-28-18/h3-8,13-14H,9-12H2,1-2H3,(H,22,23,24). The third kappa shape index (κ3) is 3.83. The summed E-state index contributed by atoms with van der Waals surface area (Å²) in [4.78, 5) is 25.4. The molecule has 7 nitrogen and oxygen atoms in total. The molecule has 0 aliphatic carbocycles. The SMILES string of the molecule is Cc1ccc(C)c(Nc2ccnc(N3CCN(C(=O)c4ccco4)CC3)n2)c1. The van der Waals surface area contributed by atoms with Gasteiger partial charge in [-0.05, 0) is 49.2 Å². The van der Waals surface area contributed by atoms with Crippen LogP contribution in [0.1, 0.15) is 21.7 Å². The second kappa shape index (κ2) is 7.72. The van der Waals surface area contributed by atoms with Crippen molar-refractivity contribution < 1.29 is 9.21 Å². The molecule has 1 fully saturated rings. The Morgan fingerprint density at radius 3 is 2.68 bits per heavy atom. The number of carbonyl (C=O) groups is 1. The molecule has 1 aromatic carbocycles. The van der Waals surface area contributed by atoms with Crippen molar-refractivity contribution in [3.8, 4) is 0 Å². The van der Waals surface area contributed by atoms with Gasteiger partial charge in [-0.25, -0.2) is 4.98 Å². The van der Waals surface area contributed by atoms with E-state index in [1.165, 1.54) is 11.8 Å². The van der Waals surface area contributed by atoms with Crippen LogP contribution in [0.4, 0.5) is 17.5 Å². The van der Waals surface area contributed by atoms with Gasteiger partial charge in [-0.1, -0.05) is 12.1 Å². The Labute approximate surface area is 164 Å². The second-order valence-corrected chi connectivity index (χ2v) is 6.94. The van der Waals surface area contributed by atoms with Gasteiger partial charge >= 0.3 is 0 Å². The monoisotopic (exact) mass is 377 g/mol. The molecule has 7 heteroatoms. The lowest BCUT2D eigenvalue weighted by atomic mass is 10.1. The van der Waals surface area contributed by atoms with E-state index in [-0.39, 0.29) is 5.91 Å². The van der Waals surface area contributed by atoms with Gasteiger partial charge in [0.2, 0.25) is 5.95 Å². The molecule has 3 heterocycles. The molecule has 4 rings (SSSR count). The number of hydrogen-bond donors (Lipinski definition) is 1. The lowest BCUT2D eigenvalue weighted by molar-refractivity contribution is 0.0714. The van der Waals surface area contributed by atoms with E-state index in [0.29, 0.717) is 37.9 Å². The van der Waals surface area contributed by atoms with Crippen LogP contribution in [0, 0.1) is 13.8 Å². The van der Waals surface area contributed by atoms with Crippen molar-refractivity contribution in [1.29, 1.82) is 0 Å². The zero-order valence-corrected chi connectivity index (χ0v) is 16.1. The number of nitrogens with one attached hydrogen (secondary N) is 1. The predicted molar refractivity (Wildman–Crippen MR) is 108 cm³/mol. The van der Waals surface area contributed by atoms with Crippen molar-refractivity contribution in [2.24, 2.45) is 0 Å². The van der Waals surface area contributed by atoms with Gasteiger partial charge in [0.25, 0.3) is 5.91 Å². The fourth-order valence-electron chi connectivity index (χ4n) is 3.24. The van der Waals surface area contributed by atoms with Gasteiger partial charge in [0.1, 0.15) is 5.82 Å². The molecular weight excluding hydrogens is 354 g/mol.